The normalized spacial score (nSPS) is 11.3. The first kappa shape index (κ1) is 13.2. The van der Waals surface area contributed by atoms with Crippen LogP contribution in [0.15, 0.2) is 53.7 Å². The molecule has 3 N–H and O–H groups in total. The molecule has 0 heterocycles. The zero-order valence-corrected chi connectivity index (χ0v) is 10.8. The first-order valence-electron chi connectivity index (χ1n) is 5.65. The minimum atomic E-state index is 0.00904. The summed E-state index contributed by atoms with van der Waals surface area (Å²) in [5.74, 6) is 0.549. The number of ether oxygens (including phenoxy) is 1. The molecule has 0 fully saturated rings. The van der Waals surface area contributed by atoms with Crippen molar-refractivity contribution in [3.8, 4) is 5.75 Å². The van der Waals surface area contributed by atoms with Crippen LogP contribution in [0.3, 0.4) is 0 Å². The lowest BCUT2D eigenvalue weighted by Crippen LogP contribution is -2.14. The standard InChI is InChI=1S/C14H13ClN2O2/c15-12-7-3-1-5-10(12)9-19-13-8-4-2-6-11(13)14(16)17-18/h1-8,18H,9H2,(H2,16,17). The van der Waals surface area contributed by atoms with Gasteiger partial charge in [0.1, 0.15) is 12.4 Å². The maximum absolute atomic E-state index is 8.73. The molecule has 0 saturated carbocycles. The van der Waals surface area contributed by atoms with E-state index in [0.29, 0.717) is 22.9 Å². The molecule has 0 aromatic heterocycles. The predicted molar refractivity (Wildman–Crippen MR) is 74.7 cm³/mol. The fourth-order valence-corrected chi connectivity index (χ4v) is 1.82. The summed E-state index contributed by atoms with van der Waals surface area (Å²) in [6.45, 7) is 0.315. The number of halogens is 1. The van der Waals surface area contributed by atoms with Gasteiger partial charge < -0.3 is 15.7 Å². The van der Waals surface area contributed by atoms with Crippen molar-refractivity contribution in [1.29, 1.82) is 0 Å². The summed E-state index contributed by atoms with van der Waals surface area (Å²) in [6, 6.07) is 14.5. The summed E-state index contributed by atoms with van der Waals surface area (Å²) in [5, 5.41) is 12.4. The summed E-state index contributed by atoms with van der Waals surface area (Å²) in [5.41, 5.74) is 7.00. The molecule has 0 aliphatic carbocycles. The minimum Gasteiger partial charge on any atom is -0.488 e. The second kappa shape index (κ2) is 6.11. The van der Waals surface area contributed by atoms with Crippen LogP contribution in [-0.2, 0) is 6.61 Å². The van der Waals surface area contributed by atoms with E-state index < -0.39 is 0 Å². The molecule has 5 heteroatoms. The predicted octanol–water partition coefficient (Wildman–Crippen LogP) is 3.01. The molecule has 0 unspecified atom stereocenters. The Morgan fingerprint density at radius 1 is 1.16 bits per heavy atom. The number of benzene rings is 2. The van der Waals surface area contributed by atoms with Crippen LogP contribution < -0.4 is 10.5 Å². The van der Waals surface area contributed by atoms with Crippen LogP contribution in [-0.4, -0.2) is 11.0 Å². The van der Waals surface area contributed by atoms with Crippen molar-refractivity contribution in [3.63, 3.8) is 0 Å². The van der Waals surface area contributed by atoms with Gasteiger partial charge in [-0.05, 0) is 18.2 Å². The lowest BCUT2D eigenvalue weighted by molar-refractivity contribution is 0.303. The van der Waals surface area contributed by atoms with Crippen molar-refractivity contribution >= 4 is 17.4 Å². The number of para-hydroxylation sites is 1. The number of nitrogens with zero attached hydrogens (tertiary/aromatic N) is 1. The summed E-state index contributed by atoms with van der Waals surface area (Å²) >= 11 is 6.05. The van der Waals surface area contributed by atoms with E-state index >= 15 is 0 Å². The van der Waals surface area contributed by atoms with E-state index in [9.17, 15) is 0 Å². The summed E-state index contributed by atoms with van der Waals surface area (Å²) in [4.78, 5) is 0. The van der Waals surface area contributed by atoms with Crippen molar-refractivity contribution < 1.29 is 9.94 Å². The molecule has 0 amide bonds. The van der Waals surface area contributed by atoms with E-state index in [2.05, 4.69) is 5.16 Å². The number of amidine groups is 1. The van der Waals surface area contributed by atoms with Crippen molar-refractivity contribution in [2.45, 2.75) is 6.61 Å². The number of oxime groups is 1. The topological polar surface area (TPSA) is 67.8 Å². The molecule has 0 aliphatic heterocycles. The van der Waals surface area contributed by atoms with Gasteiger partial charge in [0, 0.05) is 10.6 Å². The van der Waals surface area contributed by atoms with Crippen LogP contribution in [0.4, 0.5) is 0 Å². The Kier molecular flexibility index (Phi) is 4.26. The highest BCUT2D eigenvalue weighted by Gasteiger charge is 2.08. The lowest BCUT2D eigenvalue weighted by atomic mass is 10.2. The molecule has 98 valence electrons. The van der Waals surface area contributed by atoms with Crippen LogP contribution >= 0.6 is 11.6 Å². The zero-order valence-electron chi connectivity index (χ0n) is 10.1. The van der Waals surface area contributed by atoms with Crippen LogP contribution in [0.25, 0.3) is 0 Å². The lowest BCUT2D eigenvalue weighted by Gasteiger charge is -2.11. The van der Waals surface area contributed by atoms with Gasteiger partial charge in [0.05, 0.1) is 5.56 Å². The second-order valence-electron chi connectivity index (χ2n) is 3.86. The largest absolute Gasteiger partial charge is 0.488 e. The molecule has 0 atom stereocenters. The van der Waals surface area contributed by atoms with Crippen LogP contribution in [0.5, 0.6) is 5.75 Å². The van der Waals surface area contributed by atoms with E-state index in [4.69, 9.17) is 27.3 Å². The van der Waals surface area contributed by atoms with Gasteiger partial charge in [-0.2, -0.15) is 0 Å². The fourth-order valence-electron chi connectivity index (χ4n) is 1.63. The third-order valence-electron chi connectivity index (χ3n) is 2.61. The maximum atomic E-state index is 8.73. The number of nitrogens with two attached hydrogens (primary N) is 1. The van der Waals surface area contributed by atoms with Gasteiger partial charge >= 0.3 is 0 Å². The first-order chi connectivity index (χ1) is 9.22. The molecule has 0 spiro atoms. The Morgan fingerprint density at radius 3 is 2.58 bits per heavy atom. The van der Waals surface area contributed by atoms with Gasteiger partial charge in [0.15, 0.2) is 5.84 Å². The molecule has 2 aromatic carbocycles. The average molecular weight is 277 g/mol. The number of hydrogen-bond donors (Lipinski definition) is 2. The summed E-state index contributed by atoms with van der Waals surface area (Å²) < 4.78 is 5.67. The molecule has 2 aromatic rings. The van der Waals surface area contributed by atoms with Gasteiger partial charge in [0.2, 0.25) is 0 Å². The molecule has 0 saturated heterocycles. The molecule has 19 heavy (non-hydrogen) atoms. The minimum absolute atomic E-state index is 0.00904. The van der Waals surface area contributed by atoms with Crippen LogP contribution in [0.1, 0.15) is 11.1 Å². The van der Waals surface area contributed by atoms with Gasteiger partial charge in [-0.15, -0.1) is 0 Å². The quantitative estimate of drug-likeness (QED) is 0.390. The molecular formula is C14H13ClN2O2. The van der Waals surface area contributed by atoms with Gasteiger partial charge in [-0.1, -0.05) is 47.1 Å². The van der Waals surface area contributed by atoms with E-state index in [1.54, 1.807) is 24.3 Å². The number of rotatable bonds is 4. The maximum Gasteiger partial charge on any atom is 0.173 e. The number of hydrogen-bond acceptors (Lipinski definition) is 3. The van der Waals surface area contributed by atoms with Gasteiger partial charge in [0.25, 0.3) is 0 Å². The molecule has 0 bridgehead atoms. The third-order valence-corrected chi connectivity index (χ3v) is 2.98. The first-order valence-corrected chi connectivity index (χ1v) is 6.03. The zero-order chi connectivity index (χ0) is 13.7. The SMILES string of the molecule is N/C(=N\O)c1ccccc1OCc1ccccc1Cl. The van der Waals surface area contributed by atoms with Crippen LogP contribution in [0, 0.1) is 0 Å². The monoisotopic (exact) mass is 276 g/mol. The molecule has 0 aliphatic rings. The molecular weight excluding hydrogens is 264 g/mol. The highest BCUT2D eigenvalue weighted by Crippen LogP contribution is 2.21. The Morgan fingerprint density at radius 2 is 1.84 bits per heavy atom. The Hall–Kier alpha value is -2.20. The average Bonchev–Trinajstić information content (AvgIpc) is 2.46. The van der Waals surface area contributed by atoms with Crippen molar-refractivity contribution in [2.24, 2.45) is 10.9 Å². The Balaban J connectivity index is 2.19. The van der Waals surface area contributed by atoms with Gasteiger partial charge in [-0.25, -0.2) is 0 Å². The second-order valence-corrected chi connectivity index (χ2v) is 4.27. The van der Waals surface area contributed by atoms with E-state index in [1.165, 1.54) is 0 Å². The highest BCUT2D eigenvalue weighted by atomic mass is 35.5. The molecule has 4 nitrogen and oxygen atoms in total. The molecule has 0 radical (unpaired) electrons. The molecule has 2 rings (SSSR count). The van der Waals surface area contributed by atoms with Crippen molar-refractivity contribution in [1.82, 2.24) is 0 Å². The Labute approximate surface area is 116 Å². The van der Waals surface area contributed by atoms with Gasteiger partial charge in [-0.3, -0.25) is 0 Å². The smallest absolute Gasteiger partial charge is 0.173 e. The van der Waals surface area contributed by atoms with E-state index in [-0.39, 0.29) is 5.84 Å². The fraction of sp³-hybridized carbons (Fsp3) is 0.0714. The summed E-state index contributed by atoms with van der Waals surface area (Å²) in [6.07, 6.45) is 0. The summed E-state index contributed by atoms with van der Waals surface area (Å²) in [7, 11) is 0. The van der Waals surface area contributed by atoms with Crippen molar-refractivity contribution in [2.75, 3.05) is 0 Å². The van der Waals surface area contributed by atoms with Crippen molar-refractivity contribution in [3.05, 3.63) is 64.7 Å². The van der Waals surface area contributed by atoms with E-state index in [0.717, 1.165) is 5.56 Å². The van der Waals surface area contributed by atoms with Crippen LogP contribution in [0.2, 0.25) is 5.02 Å². The Bertz CT molecular complexity index is 600. The third kappa shape index (κ3) is 3.17. The van der Waals surface area contributed by atoms with E-state index in [1.807, 2.05) is 24.3 Å². The highest BCUT2D eigenvalue weighted by molar-refractivity contribution is 6.31.